The highest BCUT2D eigenvalue weighted by Gasteiger charge is 2.25. The Kier molecular flexibility index (Phi) is 5.84. The fraction of sp³-hybridized carbons (Fsp3) is 0.647. The van der Waals surface area contributed by atoms with Crippen molar-refractivity contribution in [1.29, 1.82) is 0 Å². The van der Waals surface area contributed by atoms with E-state index < -0.39 is 0 Å². The summed E-state index contributed by atoms with van der Waals surface area (Å²) in [6.45, 7) is 3.24. The summed E-state index contributed by atoms with van der Waals surface area (Å²) in [5, 5.41) is 3.64. The zero-order valence-electron chi connectivity index (χ0n) is 12.6. The zero-order chi connectivity index (χ0) is 14.4. The van der Waals surface area contributed by atoms with Crippen LogP contribution in [-0.2, 0) is 6.42 Å². The molecule has 1 aliphatic rings. The minimum absolute atomic E-state index is 0.185. The van der Waals surface area contributed by atoms with Gasteiger partial charge in [-0.2, -0.15) is 0 Å². The first kappa shape index (κ1) is 15.3. The van der Waals surface area contributed by atoms with Crippen LogP contribution in [0.3, 0.4) is 0 Å². The van der Waals surface area contributed by atoms with Crippen molar-refractivity contribution >= 4 is 0 Å². The van der Waals surface area contributed by atoms with Crippen LogP contribution >= 0.6 is 0 Å². The summed E-state index contributed by atoms with van der Waals surface area (Å²) >= 11 is 0. The maximum atomic E-state index is 14.3. The van der Waals surface area contributed by atoms with E-state index in [4.69, 9.17) is 4.74 Å². The minimum Gasteiger partial charge on any atom is -0.494 e. The van der Waals surface area contributed by atoms with Gasteiger partial charge in [0.2, 0.25) is 0 Å². The van der Waals surface area contributed by atoms with Crippen LogP contribution in [0.2, 0.25) is 0 Å². The first-order valence-electron chi connectivity index (χ1n) is 7.81. The Bertz CT molecular complexity index is 421. The van der Waals surface area contributed by atoms with Crippen LogP contribution < -0.4 is 10.1 Å². The number of halogens is 1. The van der Waals surface area contributed by atoms with Gasteiger partial charge in [0.15, 0.2) is 11.6 Å². The largest absolute Gasteiger partial charge is 0.494 e. The van der Waals surface area contributed by atoms with Gasteiger partial charge >= 0.3 is 0 Å². The highest BCUT2D eigenvalue weighted by Crippen LogP contribution is 2.30. The Morgan fingerprint density at radius 2 is 2.10 bits per heavy atom. The topological polar surface area (TPSA) is 21.3 Å². The Labute approximate surface area is 121 Å². The summed E-state index contributed by atoms with van der Waals surface area (Å²) in [6.07, 6.45) is 6.93. The van der Waals surface area contributed by atoms with Gasteiger partial charge in [-0.25, -0.2) is 4.39 Å². The molecule has 0 heterocycles. The molecule has 1 N–H and O–H groups in total. The van der Waals surface area contributed by atoms with Crippen molar-refractivity contribution < 1.29 is 9.13 Å². The van der Waals surface area contributed by atoms with E-state index in [2.05, 4.69) is 12.2 Å². The lowest BCUT2D eigenvalue weighted by Crippen LogP contribution is -2.40. The smallest absolute Gasteiger partial charge is 0.168 e. The van der Waals surface area contributed by atoms with E-state index >= 15 is 0 Å². The third-order valence-electron chi connectivity index (χ3n) is 4.31. The van der Waals surface area contributed by atoms with Crippen molar-refractivity contribution in [3.05, 3.63) is 29.6 Å². The molecule has 112 valence electrons. The fourth-order valence-electron chi connectivity index (χ4n) is 3.20. The van der Waals surface area contributed by atoms with Gasteiger partial charge in [-0.05, 0) is 49.8 Å². The van der Waals surface area contributed by atoms with Crippen LogP contribution in [0.4, 0.5) is 4.39 Å². The van der Waals surface area contributed by atoms with Gasteiger partial charge in [-0.15, -0.1) is 0 Å². The summed E-state index contributed by atoms with van der Waals surface area (Å²) in [5.74, 6) is 0.711. The predicted molar refractivity (Wildman–Crippen MR) is 80.7 cm³/mol. The van der Waals surface area contributed by atoms with Gasteiger partial charge in [-0.1, -0.05) is 31.9 Å². The minimum atomic E-state index is -0.185. The van der Waals surface area contributed by atoms with Gasteiger partial charge in [0.25, 0.3) is 0 Å². The Morgan fingerprint density at radius 3 is 2.85 bits per heavy atom. The molecule has 2 atom stereocenters. The maximum absolute atomic E-state index is 14.3. The van der Waals surface area contributed by atoms with Crippen molar-refractivity contribution in [3.63, 3.8) is 0 Å². The third kappa shape index (κ3) is 3.72. The van der Waals surface area contributed by atoms with Crippen LogP contribution in [0.5, 0.6) is 5.75 Å². The average molecular weight is 279 g/mol. The Balaban J connectivity index is 2.06. The molecule has 0 aromatic heterocycles. The van der Waals surface area contributed by atoms with Crippen molar-refractivity contribution in [2.75, 3.05) is 13.7 Å². The molecule has 1 fully saturated rings. The molecular formula is C17H26FNO. The first-order valence-corrected chi connectivity index (χ1v) is 7.81. The second-order valence-electron chi connectivity index (χ2n) is 5.74. The van der Waals surface area contributed by atoms with Crippen molar-refractivity contribution in [2.45, 2.75) is 51.5 Å². The Hall–Kier alpha value is -1.09. The summed E-state index contributed by atoms with van der Waals surface area (Å²) in [4.78, 5) is 0. The molecule has 3 heteroatoms. The van der Waals surface area contributed by atoms with Crippen molar-refractivity contribution in [2.24, 2.45) is 5.92 Å². The highest BCUT2D eigenvalue weighted by atomic mass is 19.1. The number of methoxy groups -OCH3 is 1. The molecule has 2 rings (SSSR count). The molecule has 1 aromatic carbocycles. The molecule has 1 aliphatic carbocycles. The van der Waals surface area contributed by atoms with Gasteiger partial charge < -0.3 is 10.1 Å². The number of benzene rings is 1. The fourth-order valence-corrected chi connectivity index (χ4v) is 3.20. The summed E-state index contributed by atoms with van der Waals surface area (Å²) in [5.41, 5.74) is 0.791. The molecule has 0 spiro atoms. The lowest BCUT2D eigenvalue weighted by Gasteiger charge is -2.32. The molecule has 0 amide bonds. The molecule has 2 nitrogen and oxygen atoms in total. The van der Waals surface area contributed by atoms with Crippen molar-refractivity contribution in [3.8, 4) is 5.75 Å². The van der Waals surface area contributed by atoms with E-state index in [1.165, 1.54) is 32.8 Å². The van der Waals surface area contributed by atoms with Crippen LogP contribution in [0.25, 0.3) is 0 Å². The standard InChI is InChI=1S/C17H26FNO/c1-3-11-19-15-9-5-4-7-13(15)12-14-8-6-10-16(20-2)17(14)18/h6,8,10,13,15,19H,3-5,7,9,11-12H2,1-2H3. The van der Waals surface area contributed by atoms with Gasteiger partial charge in [-0.3, -0.25) is 0 Å². The lowest BCUT2D eigenvalue weighted by atomic mass is 9.80. The monoisotopic (exact) mass is 279 g/mol. The number of hydrogen-bond donors (Lipinski definition) is 1. The molecule has 0 saturated heterocycles. The van der Waals surface area contributed by atoms with Crippen LogP contribution in [0.15, 0.2) is 18.2 Å². The van der Waals surface area contributed by atoms with E-state index in [-0.39, 0.29) is 5.82 Å². The van der Waals surface area contributed by atoms with E-state index in [9.17, 15) is 4.39 Å². The number of ether oxygens (including phenoxy) is 1. The second-order valence-corrected chi connectivity index (χ2v) is 5.74. The van der Waals surface area contributed by atoms with Crippen LogP contribution in [0, 0.1) is 11.7 Å². The number of nitrogens with one attached hydrogen (secondary N) is 1. The molecule has 0 bridgehead atoms. The Morgan fingerprint density at radius 1 is 1.30 bits per heavy atom. The van der Waals surface area contributed by atoms with E-state index in [1.54, 1.807) is 6.07 Å². The van der Waals surface area contributed by atoms with Gasteiger partial charge in [0.05, 0.1) is 7.11 Å². The molecule has 0 aliphatic heterocycles. The molecule has 1 aromatic rings. The number of hydrogen-bond acceptors (Lipinski definition) is 2. The van der Waals surface area contributed by atoms with E-state index in [0.29, 0.717) is 17.7 Å². The summed E-state index contributed by atoms with van der Waals surface area (Å²) in [6, 6.07) is 6.00. The molecule has 2 unspecified atom stereocenters. The zero-order valence-corrected chi connectivity index (χ0v) is 12.6. The highest BCUT2D eigenvalue weighted by molar-refractivity contribution is 5.31. The molecular weight excluding hydrogens is 253 g/mol. The predicted octanol–water partition coefficient (Wildman–Crippen LogP) is 3.94. The SMILES string of the molecule is CCCNC1CCCCC1Cc1cccc(OC)c1F. The van der Waals surface area contributed by atoms with Gasteiger partial charge in [0, 0.05) is 6.04 Å². The van der Waals surface area contributed by atoms with Gasteiger partial charge in [0.1, 0.15) is 0 Å². The summed E-state index contributed by atoms with van der Waals surface area (Å²) in [7, 11) is 1.52. The van der Waals surface area contributed by atoms with Crippen molar-refractivity contribution in [1.82, 2.24) is 5.32 Å². The van der Waals surface area contributed by atoms with Crippen LogP contribution in [0.1, 0.15) is 44.6 Å². The van der Waals surface area contributed by atoms with E-state index in [1.807, 2.05) is 12.1 Å². The van der Waals surface area contributed by atoms with Crippen LogP contribution in [-0.4, -0.2) is 19.7 Å². The summed E-state index contributed by atoms with van der Waals surface area (Å²) < 4.78 is 19.3. The van der Waals surface area contributed by atoms with E-state index in [0.717, 1.165) is 24.9 Å². The quantitative estimate of drug-likeness (QED) is 0.851. The maximum Gasteiger partial charge on any atom is 0.168 e. The third-order valence-corrected chi connectivity index (χ3v) is 4.31. The normalized spacial score (nSPS) is 22.8. The second kappa shape index (κ2) is 7.63. The number of rotatable bonds is 6. The molecule has 1 saturated carbocycles. The molecule has 20 heavy (non-hydrogen) atoms. The molecule has 0 radical (unpaired) electrons. The average Bonchev–Trinajstić information content (AvgIpc) is 2.48. The first-order chi connectivity index (χ1) is 9.76. The lowest BCUT2D eigenvalue weighted by molar-refractivity contribution is 0.259.